The number of hydrogen-bond donors (Lipinski definition) is 2. The van der Waals surface area contributed by atoms with Gasteiger partial charge in [0.15, 0.2) is 0 Å². The maximum absolute atomic E-state index is 12.7. The second kappa shape index (κ2) is 5.14. The topological polar surface area (TPSA) is 87.7 Å². The highest BCUT2D eigenvalue weighted by Gasteiger charge is 2.24. The lowest BCUT2D eigenvalue weighted by Gasteiger charge is -2.18. The zero-order valence-electron chi connectivity index (χ0n) is 13.1. The second-order valence-corrected chi connectivity index (χ2v) is 6.92. The van der Waals surface area contributed by atoms with Crippen molar-refractivity contribution in [3.8, 4) is 0 Å². The van der Waals surface area contributed by atoms with Crippen molar-refractivity contribution in [3.63, 3.8) is 0 Å². The van der Waals surface area contributed by atoms with Crippen LogP contribution in [0.1, 0.15) is 33.6 Å². The van der Waals surface area contributed by atoms with E-state index in [4.69, 9.17) is 0 Å². The van der Waals surface area contributed by atoms with Crippen LogP contribution in [-0.2, 0) is 10.0 Å². The third-order valence-corrected chi connectivity index (χ3v) is 5.62. The number of aromatic amines is 1. The lowest BCUT2D eigenvalue weighted by molar-refractivity contribution is 0.599. The first-order valence-electron chi connectivity index (χ1n) is 6.64. The van der Waals surface area contributed by atoms with Crippen molar-refractivity contribution in [3.05, 3.63) is 33.6 Å². The van der Waals surface area contributed by atoms with Crippen LogP contribution in [0.15, 0.2) is 4.90 Å². The zero-order valence-corrected chi connectivity index (χ0v) is 13.9. The summed E-state index contributed by atoms with van der Waals surface area (Å²) in [5.41, 5.74) is 4.62. The SMILES string of the molecule is Cc1nc(NS(=O)(=O)c2c(C)c(C)c(C)c(C)c2C)n[nH]1. The number of aryl methyl sites for hydroxylation is 1. The highest BCUT2D eigenvalue weighted by Crippen LogP contribution is 2.30. The minimum atomic E-state index is -3.72. The lowest BCUT2D eigenvalue weighted by Crippen LogP contribution is -2.18. The number of hydrogen-bond acceptors (Lipinski definition) is 4. The van der Waals surface area contributed by atoms with Crippen LogP contribution in [0.3, 0.4) is 0 Å². The molecule has 0 bridgehead atoms. The first-order valence-corrected chi connectivity index (χ1v) is 8.12. The van der Waals surface area contributed by atoms with Gasteiger partial charge in [-0.1, -0.05) is 0 Å². The number of benzene rings is 1. The van der Waals surface area contributed by atoms with Gasteiger partial charge in [-0.2, -0.15) is 4.98 Å². The van der Waals surface area contributed by atoms with E-state index in [1.165, 1.54) is 0 Å². The molecule has 0 fully saturated rings. The van der Waals surface area contributed by atoms with Gasteiger partial charge in [0.2, 0.25) is 0 Å². The van der Waals surface area contributed by atoms with Crippen molar-refractivity contribution in [2.24, 2.45) is 0 Å². The second-order valence-electron chi connectivity index (χ2n) is 5.30. The molecule has 1 heterocycles. The molecule has 1 aromatic carbocycles. The standard InChI is InChI=1S/C14H20N4O2S/c1-7-8(2)10(4)13(11(5)9(7)3)21(19,20)18-14-15-12(6)16-17-14/h1-6H3,(H2,15,16,17,18). The molecule has 0 unspecified atom stereocenters. The van der Waals surface area contributed by atoms with Gasteiger partial charge >= 0.3 is 0 Å². The Morgan fingerprint density at radius 2 is 1.33 bits per heavy atom. The summed E-state index contributed by atoms with van der Waals surface area (Å²) in [6.07, 6.45) is 0. The van der Waals surface area contributed by atoms with Gasteiger partial charge in [0.05, 0.1) is 4.90 Å². The van der Waals surface area contributed by atoms with Crippen molar-refractivity contribution in [2.75, 3.05) is 4.72 Å². The fourth-order valence-corrected chi connectivity index (χ4v) is 3.97. The summed E-state index contributed by atoms with van der Waals surface area (Å²) in [5, 5.41) is 6.44. The van der Waals surface area contributed by atoms with E-state index in [0.717, 1.165) is 27.8 Å². The molecule has 2 aromatic rings. The molecule has 0 radical (unpaired) electrons. The van der Waals surface area contributed by atoms with Gasteiger partial charge in [-0.25, -0.2) is 13.1 Å². The van der Waals surface area contributed by atoms with E-state index in [0.29, 0.717) is 10.7 Å². The molecule has 2 rings (SSSR count). The summed E-state index contributed by atoms with van der Waals surface area (Å²) in [6.45, 7) is 11.2. The Balaban J connectivity index is 2.60. The molecule has 0 amide bonds. The van der Waals surface area contributed by atoms with Crippen molar-refractivity contribution in [2.45, 2.75) is 46.4 Å². The minimum absolute atomic E-state index is 0.0576. The van der Waals surface area contributed by atoms with Crippen molar-refractivity contribution >= 4 is 16.0 Å². The Morgan fingerprint density at radius 1 is 0.857 bits per heavy atom. The van der Waals surface area contributed by atoms with Gasteiger partial charge in [0.25, 0.3) is 16.0 Å². The van der Waals surface area contributed by atoms with Crippen LogP contribution in [0.2, 0.25) is 0 Å². The predicted molar refractivity (Wildman–Crippen MR) is 82.1 cm³/mol. The smallest absolute Gasteiger partial charge is 0.261 e. The molecule has 0 aliphatic heterocycles. The van der Waals surface area contributed by atoms with Crippen molar-refractivity contribution in [1.29, 1.82) is 0 Å². The number of sulfonamides is 1. The fraction of sp³-hybridized carbons (Fsp3) is 0.429. The Morgan fingerprint density at radius 3 is 1.76 bits per heavy atom. The Labute approximate surface area is 125 Å². The summed E-state index contributed by atoms with van der Waals surface area (Å²) in [5.74, 6) is 0.611. The largest absolute Gasteiger partial charge is 0.264 e. The van der Waals surface area contributed by atoms with Crippen LogP contribution in [-0.4, -0.2) is 23.6 Å². The number of nitrogens with one attached hydrogen (secondary N) is 2. The molecule has 0 saturated heterocycles. The number of rotatable bonds is 3. The van der Waals surface area contributed by atoms with E-state index in [1.807, 2.05) is 34.6 Å². The number of anilines is 1. The first kappa shape index (κ1) is 15.5. The fourth-order valence-electron chi connectivity index (χ4n) is 2.43. The normalized spacial score (nSPS) is 11.7. The molecule has 0 saturated carbocycles. The van der Waals surface area contributed by atoms with Crippen LogP contribution in [0.4, 0.5) is 5.95 Å². The third kappa shape index (κ3) is 2.65. The Bertz CT molecular complexity index is 778. The molecular weight excluding hydrogens is 288 g/mol. The van der Waals surface area contributed by atoms with Gasteiger partial charge in [0, 0.05) is 0 Å². The first-order chi connectivity index (χ1) is 9.65. The van der Waals surface area contributed by atoms with E-state index in [-0.39, 0.29) is 5.95 Å². The lowest BCUT2D eigenvalue weighted by atomic mass is 9.95. The maximum atomic E-state index is 12.7. The van der Waals surface area contributed by atoms with Crippen LogP contribution in [0.5, 0.6) is 0 Å². The molecular formula is C14H20N4O2S. The summed E-state index contributed by atoms with van der Waals surface area (Å²) in [7, 11) is -3.72. The summed E-state index contributed by atoms with van der Waals surface area (Å²) < 4.78 is 27.8. The van der Waals surface area contributed by atoms with E-state index in [1.54, 1.807) is 6.92 Å². The van der Waals surface area contributed by atoms with Crippen LogP contribution in [0.25, 0.3) is 0 Å². The summed E-state index contributed by atoms with van der Waals surface area (Å²) >= 11 is 0. The molecule has 6 nitrogen and oxygen atoms in total. The van der Waals surface area contributed by atoms with E-state index >= 15 is 0 Å². The molecule has 0 aliphatic carbocycles. The molecule has 0 aliphatic rings. The van der Waals surface area contributed by atoms with E-state index in [9.17, 15) is 8.42 Å². The molecule has 7 heteroatoms. The van der Waals surface area contributed by atoms with Crippen molar-refractivity contribution in [1.82, 2.24) is 15.2 Å². The van der Waals surface area contributed by atoms with Gasteiger partial charge in [-0.3, -0.25) is 5.10 Å². The minimum Gasteiger partial charge on any atom is -0.261 e. The van der Waals surface area contributed by atoms with Crippen LogP contribution in [0, 0.1) is 41.5 Å². The highest BCUT2D eigenvalue weighted by atomic mass is 32.2. The molecule has 0 atom stereocenters. The molecule has 0 spiro atoms. The summed E-state index contributed by atoms with van der Waals surface area (Å²) in [6, 6.07) is 0. The zero-order chi connectivity index (χ0) is 15.9. The molecule has 21 heavy (non-hydrogen) atoms. The number of aromatic nitrogens is 3. The predicted octanol–water partition coefficient (Wildman–Crippen LogP) is 2.46. The molecule has 1 aromatic heterocycles. The summed E-state index contributed by atoms with van der Waals surface area (Å²) in [4.78, 5) is 4.30. The monoisotopic (exact) mass is 308 g/mol. The van der Waals surface area contributed by atoms with Gasteiger partial charge in [-0.15, -0.1) is 5.10 Å². The molecule has 2 N–H and O–H groups in total. The van der Waals surface area contributed by atoms with Crippen molar-refractivity contribution < 1.29 is 8.42 Å². The Hall–Kier alpha value is -1.89. The highest BCUT2D eigenvalue weighted by molar-refractivity contribution is 7.92. The van der Waals surface area contributed by atoms with Crippen LogP contribution < -0.4 is 4.72 Å². The van der Waals surface area contributed by atoms with Crippen LogP contribution >= 0.6 is 0 Å². The van der Waals surface area contributed by atoms with Gasteiger partial charge in [0.1, 0.15) is 5.82 Å². The van der Waals surface area contributed by atoms with Gasteiger partial charge in [-0.05, 0) is 69.4 Å². The average molecular weight is 308 g/mol. The van der Waals surface area contributed by atoms with E-state index in [2.05, 4.69) is 19.9 Å². The van der Waals surface area contributed by atoms with Gasteiger partial charge < -0.3 is 0 Å². The average Bonchev–Trinajstić information content (AvgIpc) is 2.78. The number of nitrogens with zero attached hydrogens (tertiary/aromatic N) is 2. The molecule has 114 valence electrons. The maximum Gasteiger partial charge on any atom is 0.264 e. The van der Waals surface area contributed by atoms with E-state index < -0.39 is 10.0 Å². The third-order valence-electron chi connectivity index (χ3n) is 4.02. The number of H-pyrrole nitrogens is 1. The quantitative estimate of drug-likeness (QED) is 0.911. The Kier molecular flexibility index (Phi) is 3.79.